The largest absolute Gasteiger partial charge is 0.330 e. The molecule has 0 unspecified atom stereocenters. The Labute approximate surface area is 63.3 Å². The van der Waals surface area contributed by atoms with E-state index in [0.717, 1.165) is 25.9 Å². The maximum absolute atomic E-state index is 5.42. The summed E-state index contributed by atoms with van der Waals surface area (Å²) >= 11 is 0. The molecule has 0 spiro atoms. The summed E-state index contributed by atoms with van der Waals surface area (Å²) in [6.45, 7) is 3.55. The molecule has 0 aromatic heterocycles. The fourth-order valence-electron chi connectivity index (χ4n) is 1.04. The van der Waals surface area contributed by atoms with Crippen molar-refractivity contribution in [1.82, 2.24) is 0 Å². The Morgan fingerprint density at radius 2 is 1.70 bits per heavy atom. The van der Waals surface area contributed by atoms with Crippen molar-refractivity contribution in [2.45, 2.75) is 19.8 Å². The van der Waals surface area contributed by atoms with Crippen molar-refractivity contribution in [3.05, 3.63) is 12.2 Å². The lowest BCUT2D eigenvalue weighted by Gasteiger charge is -2.08. The SMILES string of the molecule is C/C=C/C(CCN)CCN. The van der Waals surface area contributed by atoms with E-state index in [9.17, 15) is 0 Å². The standard InChI is InChI=1S/C8H18N2/c1-2-3-8(4-6-9)5-7-10/h2-3,8H,4-7,9-10H2,1H3/b3-2+. The van der Waals surface area contributed by atoms with E-state index in [1.54, 1.807) is 0 Å². The fraction of sp³-hybridized carbons (Fsp3) is 0.750. The highest BCUT2D eigenvalue weighted by Crippen LogP contribution is 2.07. The van der Waals surface area contributed by atoms with Crippen molar-refractivity contribution in [1.29, 1.82) is 0 Å². The third-order valence-electron chi connectivity index (χ3n) is 1.54. The van der Waals surface area contributed by atoms with E-state index in [1.807, 2.05) is 6.92 Å². The van der Waals surface area contributed by atoms with Crippen molar-refractivity contribution in [3.8, 4) is 0 Å². The molecule has 0 aromatic carbocycles. The van der Waals surface area contributed by atoms with Crippen LogP contribution in [0, 0.1) is 5.92 Å². The van der Waals surface area contributed by atoms with Crippen molar-refractivity contribution >= 4 is 0 Å². The van der Waals surface area contributed by atoms with Crippen LogP contribution < -0.4 is 11.5 Å². The topological polar surface area (TPSA) is 52.0 Å². The van der Waals surface area contributed by atoms with Crippen LogP contribution in [0.5, 0.6) is 0 Å². The Hall–Kier alpha value is -0.340. The number of nitrogens with two attached hydrogens (primary N) is 2. The summed E-state index contributed by atoms with van der Waals surface area (Å²) in [5.74, 6) is 0.597. The zero-order valence-corrected chi connectivity index (χ0v) is 6.72. The van der Waals surface area contributed by atoms with Crippen molar-refractivity contribution in [3.63, 3.8) is 0 Å². The quantitative estimate of drug-likeness (QED) is 0.560. The van der Waals surface area contributed by atoms with Crippen LogP contribution in [0.4, 0.5) is 0 Å². The highest BCUT2D eigenvalue weighted by Gasteiger charge is 1.99. The molecule has 0 bridgehead atoms. The maximum Gasteiger partial charge on any atom is -0.00717 e. The van der Waals surface area contributed by atoms with Crippen LogP contribution in [0.25, 0.3) is 0 Å². The number of rotatable bonds is 5. The van der Waals surface area contributed by atoms with Crippen LogP contribution in [0.15, 0.2) is 12.2 Å². The minimum Gasteiger partial charge on any atom is -0.330 e. The van der Waals surface area contributed by atoms with Gasteiger partial charge in [-0.15, -0.1) is 0 Å². The summed E-state index contributed by atoms with van der Waals surface area (Å²) in [4.78, 5) is 0. The Morgan fingerprint density at radius 1 is 1.20 bits per heavy atom. The van der Waals surface area contributed by atoms with Gasteiger partial charge in [-0.1, -0.05) is 12.2 Å². The zero-order valence-electron chi connectivity index (χ0n) is 6.72. The lowest BCUT2D eigenvalue weighted by molar-refractivity contribution is 0.559. The third kappa shape index (κ3) is 4.53. The number of hydrogen-bond acceptors (Lipinski definition) is 2. The van der Waals surface area contributed by atoms with Gasteiger partial charge >= 0.3 is 0 Å². The van der Waals surface area contributed by atoms with E-state index in [1.165, 1.54) is 0 Å². The Bertz CT molecular complexity index is 83.3. The third-order valence-corrected chi connectivity index (χ3v) is 1.54. The van der Waals surface area contributed by atoms with E-state index in [4.69, 9.17) is 11.5 Å². The normalized spacial score (nSPS) is 11.6. The molecule has 0 aliphatic heterocycles. The molecule has 0 aliphatic rings. The molecule has 4 N–H and O–H groups in total. The molecule has 0 radical (unpaired) electrons. The van der Waals surface area contributed by atoms with Gasteiger partial charge in [-0.3, -0.25) is 0 Å². The highest BCUT2D eigenvalue weighted by molar-refractivity contribution is 4.85. The van der Waals surface area contributed by atoms with Gasteiger partial charge < -0.3 is 11.5 Å². The average molecular weight is 142 g/mol. The molecule has 2 nitrogen and oxygen atoms in total. The van der Waals surface area contributed by atoms with Crippen LogP contribution in [-0.4, -0.2) is 13.1 Å². The van der Waals surface area contributed by atoms with Crippen LogP contribution in [0.3, 0.4) is 0 Å². The molecule has 2 heteroatoms. The number of hydrogen-bond donors (Lipinski definition) is 2. The van der Waals surface area contributed by atoms with E-state index in [2.05, 4.69) is 12.2 Å². The molecule has 0 fully saturated rings. The Morgan fingerprint density at radius 3 is 2.00 bits per heavy atom. The molecule has 0 aliphatic carbocycles. The molecule has 0 heterocycles. The maximum atomic E-state index is 5.42. The molecule has 0 aromatic rings. The second-order valence-corrected chi connectivity index (χ2v) is 2.44. The molecule has 60 valence electrons. The van der Waals surface area contributed by atoms with Gasteiger partial charge in [0, 0.05) is 0 Å². The predicted molar refractivity (Wildman–Crippen MR) is 45.6 cm³/mol. The van der Waals surface area contributed by atoms with Gasteiger partial charge in [0.15, 0.2) is 0 Å². The van der Waals surface area contributed by atoms with Gasteiger partial charge in [-0.05, 0) is 38.8 Å². The summed E-state index contributed by atoms with van der Waals surface area (Å²) < 4.78 is 0. The summed E-state index contributed by atoms with van der Waals surface area (Å²) in [6, 6.07) is 0. The summed E-state index contributed by atoms with van der Waals surface area (Å²) in [5.41, 5.74) is 10.8. The Kier molecular flexibility index (Phi) is 6.55. The van der Waals surface area contributed by atoms with Gasteiger partial charge in [-0.25, -0.2) is 0 Å². The van der Waals surface area contributed by atoms with Gasteiger partial charge in [0.25, 0.3) is 0 Å². The first-order chi connectivity index (χ1) is 4.85. The molecule has 0 amide bonds. The lowest BCUT2D eigenvalue weighted by atomic mass is 10.0. The van der Waals surface area contributed by atoms with E-state index in [-0.39, 0.29) is 0 Å². The molecule has 10 heavy (non-hydrogen) atoms. The monoisotopic (exact) mass is 142 g/mol. The second kappa shape index (κ2) is 6.78. The van der Waals surface area contributed by atoms with Crippen LogP contribution in [-0.2, 0) is 0 Å². The van der Waals surface area contributed by atoms with Crippen LogP contribution in [0.1, 0.15) is 19.8 Å². The van der Waals surface area contributed by atoms with Crippen LogP contribution >= 0.6 is 0 Å². The predicted octanol–water partition coefficient (Wildman–Crippen LogP) is 0.876. The molecular weight excluding hydrogens is 124 g/mol. The van der Waals surface area contributed by atoms with Crippen LogP contribution in [0.2, 0.25) is 0 Å². The molecule has 0 rings (SSSR count). The summed E-state index contributed by atoms with van der Waals surface area (Å²) in [7, 11) is 0. The lowest BCUT2D eigenvalue weighted by Crippen LogP contribution is -2.11. The van der Waals surface area contributed by atoms with Gasteiger partial charge in [-0.2, -0.15) is 0 Å². The first-order valence-electron chi connectivity index (χ1n) is 3.88. The smallest absolute Gasteiger partial charge is 0.00717 e. The molecule has 0 saturated carbocycles. The second-order valence-electron chi connectivity index (χ2n) is 2.44. The summed E-state index contributed by atoms with van der Waals surface area (Å²) in [5, 5.41) is 0. The first kappa shape index (κ1) is 9.66. The molecule has 0 atom stereocenters. The van der Waals surface area contributed by atoms with E-state index < -0.39 is 0 Å². The minimum atomic E-state index is 0.597. The van der Waals surface area contributed by atoms with Crippen molar-refractivity contribution in [2.24, 2.45) is 17.4 Å². The summed E-state index contributed by atoms with van der Waals surface area (Å²) in [6.07, 6.45) is 6.36. The Balaban J connectivity index is 3.50. The minimum absolute atomic E-state index is 0.597. The molecule has 0 saturated heterocycles. The van der Waals surface area contributed by atoms with Gasteiger partial charge in [0.05, 0.1) is 0 Å². The first-order valence-corrected chi connectivity index (χ1v) is 3.88. The van der Waals surface area contributed by atoms with Gasteiger partial charge in [0.2, 0.25) is 0 Å². The van der Waals surface area contributed by atoms with E-state index >= 15 is 0 Å². The fourth-order valence-corrected chi connectivity index (χ4v) is 1.04. The average Bonchev–Trinajstić information content (AvgIpc) is 1.90. The zero-order chi connectivity index (χ0) is 7.82. The van der Waals surface area contributed by atoms with E-state index in [0.29, 0.717) is 5.92 Å². The highest BCUT2D eigenvalue weighted by atomic mass is 14.5. The number of allylic oxidation sites excluding steroid dienone is 2. The van der Waals surface area contributed by atoms with Crippen molar-refractivity contribution < 1.29 is 0 Å². The van der Waals surface area contributed by atoms with Crippen molar-refractivity contribution in [2.75, 3.05) is 13.1 Å². The molecular formula is C8H18N2. The van der Waals surface area contributed by atoms with Gasteiger partial charge in [0.1, 0.15) is 0 Å².